The van der Waals surface area contributed by atoms with Gasteiger partial charge in [0, 0.05) is 59.8 Å². The average Bonchev–Trinajstić information content (AvgIpc) is 3.73. The van der Waals surface area contributed by atoms with Gasteiger partial charge in [0.15, 0.2) is 5.58 Å². The van der Waals surface area contributed by atoms with Gasteiger partial charge in [0.05, 0.1) is 0 Å². The molecule has 1 aliphatic heterocycles. The van der Waals surface area contributed by atoms with Gasteiger partial charge in [-0.3, -0.25) is 14.6 Å². The number of carbonyl (C=O) groups excluding carboxylic acids is 2. The van der Waals surface area contributed by atoms with E-state index in [4.69, 9.17) is 4.42 Å². The topological polar surface area (TPSA) is 66.7 Å². The molecular formula is C36H35N3O3. The lowest BCUT2D eigenvalue weighted by Gasteiger charge is -2.26. The molecule has 42 heavy (non-hydrogen) atoms. The Bertz CT molecular complexity index is 1720. The zero-order chi connectivity index (χ0) is 29.1. The summed E-state index contributed by atoms with van der Waals surface area (Å²) in [4.78, 5) is 34.8. The number of unbranched alkanes of at least 4 members (excludes halogenated alkanes) is 1. The molecule has 2 aromatic heterocycles. The smallest absolute Gasteiger partial charge is 0.258 e. The maximum Gasteiger partial charge on any atom is 0.258 e. The first-order chi connectivity index (χ1) is 20.5. The molecule has 0 spiro atoms. The maximum atomic E-state index is 13.6. The Morgan fingerprint density at radius 2 is 1.64 bits per heavy atom. The summed E-state index contributed by atoms with van der Waals surface area (Å²) in [6, 6.07) is 27.1. The van der Waals surface area contributed by atoms with Gasteiger partial charge in [-0.15, -0.1) is 0 Å². The number of hydrogen-bond acceptors (Lipinski definition) is 4. The maximum absolute atomic E-state index is 13.6. The van der Waals surface area contributed by atoms with Gasteiger partial charge in [0.2, 0.25) is 0 Å². The Morgan fingerprint density at radius 3 is 2.38 bits per heavy atom. The number of aromatic nitrogens is 1. The lowest BCUT2D eigenvalue weighted by molar-refractivity contribution is 0.0792. The Hall–Kier alpha value is -4.71. The van der Waals surface area contributed by atoms with Crippen LogP contribution in [-0.4, -0.2) is 41.3 Å². The van der Waals surface area contributed by atoms with E-state index in [0.717, 1.165) is 72.2 Å². The van der Waals surface area contributed by atoms with Crippen LogP contribution in [-0.2, 0) is 0 Å². The molecule has 6 rings (SSSR count). The number of rotatable bonds is 8. The highest BCUT2D eigenvalue weighted by atomic mass is 16.3. The van der Waals surface area contributed by atoms with E-state index in [0.29, 0.717) is 29.0 Å². The van der Waals surface area contributed by atoms with Crippen molar-refractivity contribution >= 4 is 28.6 Å². The summed E-state index contributed by atoms with van der Waals surface area (Å²) in [5, 5.41) is 0. The first kappa shape index (κ1) is 27.5. The van der Waals surface area contributed by atoms with Crippen molar-refractivity contribution in [2.75, 3.05) is 24.5 Å². The molecule has 2 amide bonds. The molecule has 1 fully saturated rings. The molecule has 0 unspecified atom stereocenters. The minimum atomic E-state index is -0.00359. The van der Waals surface area contributed by atoms with Gasteiger partial charge < -0.3 is 14.2 Å². The highest BCUT2D eigenvalue weighted by Crippen LogP contribution is 2.38. The van der Waals surface area contributed by atoms with E-state index < -0.39 is 0 Å². The van der Waals surface area contributed by atoms with Crippen molar-refractivity contribution in [1.29, 1.82) is 0 Å². The first-order valence-corrected chi connectivity index (χ1v) is 14.8. The molecule has 3 aromatic carbocycles. The molecule has 0 atom stereocenters. The number of carbonyl (C=O) groups is 2. The number of anilines is 1. The Kier molecular flexibility index (Phi) is 7.87. The van der Waals surface area contributed by atoms with E-state index in [1.165, 1.54) is 0 Å². The number of nitrogens with zero attached hydrogens (tertiary/aromatic N) is 3. The molecule has 212 valence electrons. The van der Waals surface area contributed by atoms with Gasteiger partial charge in [-0.2, -0.15) is 0 Å². The van der Waals surface area contributed by atoms with Gasteiger partial charge in [-0.1, -0.05) is 55.8 Å². The van der Waals surface area contributed by atoms with Crippen LogP contribution in [0.15, 0.2) is 95.5 Å². The largest absolute Gasteiger partial charge is 0.454 e. The number of fused-ring (bicyclic) bond motifs is 1. The predicted octanol–water partition coefficient (Wildman–Crippen LogP) is 8.15. The SMILES string of the molecule is CCCCN(C(=O)c1ccccc1)c1cccc(-c2ccnc3cc(-c4ccc(C(=O)N5CCCC5)cc4)oc23)c1C. The Balaban J connectivity index is 1.35. The van der Waals surface area contributed by atoms with E-state index in [1.807, 2.05) is 88.7 Å². The second-order valence-corrected chi connectivity index (χ2v) is 10.9. The van der Waals surface area contributed by atoms with Gasteiger partial charge in [0.1, 0.15) is 11.3 Å². The minimum Gasteiger partial charge on any atom is -0.454 e. The Morgan fingerprint density at radius 1 is 0.881 bits per heavy atom. The second kappa shape index (κ2) is 12.0. The third-order valence-electron chi connectivity index (χ3n) is 8.11. The fraction of sp³-hybridized carbons (Fsp3) is 0.250. The minimum absolute atomic E-state index is 0.00359. The molecule has 0 saturated carbocycles. The fourth-order valence-corrected chi connectivity index (χ4v) is 5.76. The molecule has 0 bridgehead atoms. The molecule has 0 radical (unpaired) electrons. The van der Waals surface area contributed by atoms with Crippen LogP contribution >= 0.6 is 0 Å². The third kappa shape index (κ3) is 5.32. The quantitative estimate of drug-likeness (QED) is 0.193. The first-order valence-electron chi connectivity index (χ1n) is 14.8. The Labute approximate surface area is 246 Å². The molecule has 1 saturated heterocycles. The van der Waals surface area contributed by atoms with Crippen molar-refractivity contribution in [1.82, 2.24) is 9.88 Å². The average molecular weight is 558 g/mol. The number of benzene rings is 3. The van der Waals surface area contributed by atoms with Crippen molar-refractivity contribution in [2.24, 2.45) is 0 Å². The van der Waals surface area contributed by atoms with E-state index >= 15 is 0 Å². The molecule has 6 heteroatoms. The molecule has 0 N–H and O–H groups in total. The summed E-state index contributed by atoms with van der Waals surface area (Å²) in [7, 11) is 0. The molecular weight excluding hydrogens is 522 g/mol. The van der Waals surface area contributed by atoms with Crippen LogP contribution in [0.5, 0.6) is 0 Å². The second-order valence-electron chi connectivity index (χ2n) is 10.9. The molecule has 3 heterocycles. The predicted molar refractivity (Wildman–Crippen MR) is 168 cm³/mol. The number of amides is 2. The molecule has 5 aromatic rings. The van der Waals surface area contributed by atoms with Crippen LogP contribution in [0.4, 0.5) is 5.69 Å². The third-order valence-corrected chi connectivity index (χ3v) is 8.11. The van der Waals surface area contributed by atoms with E-state index in [1.54, 1.807) is 6.20 Å². The van der Waals surface area contributed by atoms with Gasteiger partial charge in [0.25, 0.3) is 11.8 Å². The van der Waals surface area contributed by atoms with E-state index in [2.05, 4.69) is 24.9 Å². The zero-order valence-corrected chi connectivity index (χ0v) is 24.2. The van der Waals surface area contributed by atoms with Gasteiger partial charge in [-0.05, 0) is 73.7 Å². The molecule has 0 aliphatic carbocycles. The fourth-order valence-electron chi connectivity index (χ4n) is 5.76. The standard InChI is InChI=1S/C36H35N3O3/c1-3-4-23-39(36(41)27-11-6-5-7-12-27)32-14-10-13-29(25(32)2)30-19-20-37-31-24-33(42-34(30)31)26-15-17-28(18-16-26)35(40)38-21-8-9-22-38/h5-7,10-20,24H,3-4,8-9,21-23H2,1-2H3. The molecule has 1 aliphatic rings. The van der Waals surface area contributed by atoms with Crippen molar-refractivity contribution < 1.29 is 14.0 Å². The zero-order valence-electron chi connectivity index (χ0n) is 24.2. The van der Waals surface area contributed by atoms with E-state index in [-0.39, 0.29) is 11.8 Å². The normalized spacial score (nSPS) is 13.0. The lowest BCUT2D eigenvalue weighted by Crippen LogP contribution is -2.32. The van der Waals surface area contributed by atoms with E-state index in [9.17, 15) is 9.59 Å². The van der Waals surface area contributed by atoms with Crippen LogP contribution < -0.4 is 4.90 Å². The van der Waals surface area contributed by atoms with Crippen molar-refractivity contribution in [3.63, 3.8) is 0 Å². The van der Waals surface area contributed by atoms with Gasteiger partial charge in [-0.25, -0.2) is 0 Å². The lowest BCUT2D eigenvalue weighted by atomic mass is 9.98. The van der Waals surface area contributed by atoms with Crippen LogP contribution in [0.2, 0.25) is 0 Å². The number of hydrogen-bond donors (Lipinski definition) is 0. The van der Waals surface area contributed by atoms with Gasteiger partial charge >= 0.3 is 0 Å². The summed E-state index contributed by atoms with van der Waals surface area (Å²) in [5.74, 6) is 0.778. The summed E-state index contributed by atoms with van der Waals surface area (Å²) in [5.41, 5.74) is 7.53. The van der Waals surface area contributed by atoms with Crippen LogP contribution in [0.1, 0.15) is 58.9 Å². The monoisotopic (exact) mass is 557 g/mol. The van der Waals surface area contributed by atoms with Crippen molar-refractivity contribution in [3.8, 4) is 22.5 Å². The van der Waals surface area contributed by atoms with Crippen molar-refractivity contribution in [3.05, 3.63) is 108 Å². The summed E-state index contributed by atoms with van der Waals surface area (Å²) >= 11 is 0. The van der Waals surface area contributed by atoms with Crippen LogP contribution in [0.3, 0.4) is 0 Å². The summed E-state index contributed by atoms with van der Waals surface area (Å²) in [6.07, 6.45) is 5.84. The highest BCUT2D eigenvalue weighted by molar-refractivity contribution is 6.07. The van der Waals surface area contributed by atoms with Crippen LogP contribution in [0, 0.1) is 6.92 Å². The summed E-state index contributed by atoms with van der Waals surface area (Å²) < 4.78 is 6.44. The number of likely N-dealkylation sites (tertiary alicyclic amines) is 1. The molecule has 6 nitrogen and oxygen atoms in total. The number of furan rings is 1. The highest BCUT2D eigenvalue weighted by Gasteiger charge is 2.23. The number of pyridine rings is 1. The van der Waals surface area contributed by atoms with Crippen molar-refractivity contribution in [2.45, 2.75) is 39.5 Å². The summed E-state index contributed by atoms with van der Waals surface area (Å²) in [6.45, 7) is 6.50. The van der Waals surface area contributed by atoms with Crippen LogP contribution in [0.25, 0.3) is 33.6 Å².